The molecule has 1 unspecified atom stereocenters. The average molecular weight is 291 g/mol. The summed E-state index contributed by atoms with van der Waals surface area (Å²) in [6.45, 7) is 1.57. The van der Waals surface area contributed by atoms with Crippen LogP contribution in [0.3, 0.4) is 0 Å². The monoisotopic (exact) mass is 291 g/mol. The van der Waals surface area contributed by atoms with Gasteiger partial charge < -0.3 is 10.8 Å². The highest BCUT2D eigenvalue weighted by Crippen LogP contribution is 2.18. The van der Waals surface area contributed by atoms with Crippen LogP contribution < -0.4 is 5.73 Å². The molecule has 1 amide bonds. The van der Waals surface area contributed by atoms with Gasteiger partial charge in [0.25, 0.3) is 5.91 Å². The first-order valence-corrected chi connectivity index (χ1v) is 6.23. The first kappa shape index (κ1) is 14.2. The molecule has 3 N–H and O–H groups in total. The molecule has 7 nitrogen and oxygen atoms in total. The van der Waals surface area contributed by atoms with E-state index >= 15 is 0 Å². The molecule has 1 atom stereocenters. The van der Waals surface area contributed by atoms with Crippen molar-refractivity contribution >= 4 is 34.6 Å². The fourth-order valence-corrected chi connectivity index (χ4v) is 1.82. The number of rotatable bonds is 3. The maximum Gasteiger partial charge on any atom is 0.282 e. The van der Waals surface area contributed by atoms with Crippen LogP contribution in [-0.4, -0.2) is 32.9 Å². The lowest BCUT2D eigenvalue weighted by Gasteiger charge is -2.08. The second kappa shape index (κ2) is 5.85. The van der Waals surface area contributed by atoms with E-state index in [1.165, 1.54) is 0 Å². The maximum atomic E-state index is 12.0. The van der Waals surface area contributed by atoms with Crippen LogP contribution in [0.5, 0.6) is 0 Å². The van der Waals surface area contributed by atoms with E-state index in [9.17, 15) is 4.79 Å². The van der Waals surface area contributed by atoms with Gasteiger partial charge in [0.2, 0.25) is 0 Å². The number of azo groups is 1. The quantitative estimate of drug-likeness (QED) is 0.642. The second-order valence-electron chi connectivity index (χ2n) is 4.18. The van der Waals surface area contributed by atoms with Gasteiger partial charge in [-0.3, -0.25) is 4.79 Å². The lowest BCUT2D eigenvalue weighted by molar-refractivity contribution is -0.126. The van der Waals surface area contributed by atoms with Gasteiger partial charge in [0.15, 0.2) is 11.2 Å². The van der Waals surface area contributed by atoms with Crippen molar-refractivity contribution in [3.63, 3.8) is 0 Å². The number of amides is 1. The Labute approximate surface area is 120 Å². The van der Waals surface area contributed by atoms with Gasteiger partial charge in [-0.2, -0.15) is 20.3 Å². The summed E-state index contributed by atoms with van der Waals surface area (Å²) in [7, 11) is 0. The minimum absolute atomic E-state index is 0.0819. The van der Waals surface area contributed by atoms with Crippen LogP contribution in [0.25, 0.3) is 0 Å². The normalized spacial score (nSPS) is 18.7. The molecule has 104 valence electrons. The number of hydrogen-bond acceptors (Lipinski definition) is 6. The summed E-state index contributed by atoms with van der Waals surface area (Å²) in [5.74, 6) is -0.419. The molecule has 0 aliphatic carbocycles. The first-order valence-electron chi connectivity index (χ1n) is 5.82. The van der Waals surface area contributed by atoms with E-state index in [0.717, 1.165) is 5.01 Å². The smallest absolute Gasteiger partial charge is 0.282 e. The van der Waals surface area contributed by atoms with Crippen molar-refractivity contribution in [3.05, 3.63) is 29.8 Å². The van der Waals surface area contributed by atoms with Gasteiger partial charge in [-0.25, -0.2) is 0 Å². The Bertz CT molecular complexity index is 614. The number of aliphatic hydroxyl groups excluding tert-OH is 1. The number of hydrazone groups is 1. The molecule has 1 aliphatic heterocycles. The van der Waals surface area contributed by atoms with Crippen LogP contribution >= 0.6 is 12.2 Å². The number of carbonyl (C=O) groups is 1. The fraction of sp³-hybridized carbons (Fsp3) is 0.250. The SMILES string of the molecule is CC1=NN(C(N)=S)C(=O)C1N=Nc1cccc(CO)c1. The van der Waals surface area contributed by atoms with E-state index in [4.69, 9.17) is 23.1 Å². The molecule has 2 rings (SSSR count). The van der Waals surface area contributed by atoms with Crippen LogP contribution in [0, 0.1) is 0 Å². The van der Waals surface area contributed by atoms with E-state index in [1.54, 1.807) is 31.2 Å². The summed E-state index contributed by atoms with van der Waals surface area (Å²) in [4.78, 5) is 12.0. The Kier molecular flexibility index (Phi) is 4.16. The third-order valence-corrected chi connectivity index (χ3v) is 2.86. The minimum Gasteiger partial charge on any atom is -0.392 e. The molecular weight excluding hydrogens is 278 g/mol. The van der Waals surface area contributed by atoms with Crippen LogP contribution in [0.2, 0.25) is 0 Å². The molecule has 8 heteroatoms. The third-order valence-electron chi connectivity index (χ3n) is 2.69. The van der Waals surface area contributed by atoms with Crippen molar-refractivity contribution in [2.45, 2.75) is 19.6 Å². The molecule has 0 fully saturated rings. The summed E-state index contributed by atoms with van der Waals surface area (Å²) in [5, 5.41) is 21.8. The van der Waals surface area contributed by atoms with Gasteiger partial charge in [-0.1, -0.05) is 12.1 Å². The molecule has 20 heavy (non-hydrogen) atoms. The number of thiocarbonyl (C=S) groups is 1. The number of nitrogens with zero attached hydrogens (tertiary/aromatic N) is 4. The van der Waals surface area contributed by atoms with Crippen LogP contribution in [0.1, 0.15) is 12.5 Å². The predicted octanol–water partition coefficient (Wildman–Crippen LogP) is 1.09. The van der Waals surface area contributed by atoms with Gasteiger partial charge in [0, 0.05) is 0 Å². The summed E-state index contributed by atoms with van der Waals surface area (Å²) in [6, 6.07) is 6.11. The lowest BCUT2D eigenvalue weighted by Crippen LogP contribution is -2.37. The zero-order valence-corrected chi connectivity index (χ0v) is 11.5. The fourth-order valence-electron chi connectivity index (χ4n) is 1.69. The molecule has 0 bridgehead atoms. The topological polar surface area (TPSA) is 104 Å². The summed E-state index contributed by atoms with van der Waals surface area (Å²) in [5.41, 5.74) is 7.13. The molecule has 1 aliphatic rings. The zero-order chi connectivity index (χ0) is 14.7. The van der Waals surface area contributed by atoms with Crippen molar-refractivity contribution in [2.75, 3.05) is 0 Å². The highest BCUT2D eigenvalue weighted by Gasteiger charge is 2.35. The molecule has 0 spiro atoms. The van der Waals surface area contributed by atoms with E-state index in [1.807, 2.05) is 0 Å². The average Bonchev–Trinajstić information content (AvgIpc) is 2.72. The zero-order valence-electron chi connectivity index (χ0n) is 10.7. The van der Waals surface area contributed by atoms with Crippen molar-refractivity contribution in [1.29, 1.82) is 0 Å². The predicted molar refractivity (Wildman–Crippen MR) is 77.4 cm³/mol. The number of nitrogens with two attached hydrogens (primary N) is 1. The Morgan fingerprint density at radius 3 is 2.95 bits per heavy atom. The molecular formula is C12H13N5O2S. The first-order chi connectivity index (χ1) is 9.52. The van der Waals surface area contributed by atoms with Crippen LogP contribution in [-0.2, 0) is 11.4 Å². The van der Waals surface area contributed by atoms with Crippen LogP contribution in [0.15, 0.2) is 39.6 Å². The standard InChI is InChI=1S/C12H13N5O2S/c1-7-10(11(19)17(16-7)12(13)20)15-14-9-4-2-3-8(5-9)6-18/h2-5,10,18H,6H2,1H3,(H2,13,20). The highest BCUT2D eigenvalue weighted by atomic mass is 32.1. The molecule has 1 heterocycles. The number of benzene rings is 1. The van der Waals surface area contributed by atoms with Gasteiger partial charge in [0.05, 0.1) is 18.0 Å². The maximum absolute atomic E-state index is 12.0. The highest BCUT2D eigenvalue weighted by molar-refractivity contribution is 7.80. The molecule has 0 radical (unpaired) electrons. The van der Waals surface area contributed by atoms with E-state index in [0.29, 0.717) is 17.0 Å². The van der Waals surface area contributed by atoms with Gasteiger partial charge >= 0.3 is 0 Å². The number of hydrogen-bond donors (Lipinski definition) is 2. The van der Waals surface area contributed by atoms with Crippen molar-refractivity contribution in [3.8, 4) is 0 Å². The van der Waals surface area contributed by atoms with Crippen molar-refractivity contribution in [1.82, 2.24) is 5.01 Å². The Morgan fingerprint density at radius 2 is 2.35 bits per heavy atom. The van der Waals surface area contributed by atoms with E-state index in [2.05, 4.69) is 15.3 Å². The van der Waals surface area contributed by atoms with E-state index in [-0.39, 0.29) is 11.7 Å². The van der Waals surface area contributed by atoms with E-state index < -0.39 is 11.9 Å². The molecule has 1 aromatic carbocycles. The molecule has 0 saturated heterocycles. The molecule has 0 saturated carbocycles. The van der Waals surface area contributed by atoms with Gasteiger partial charge in [0.1, 0.15) is 0 Å². The Hall–Kier alpha value is -2.19. The van der Waals surface area contributed by atoms with Crippen LogP contribution in [0.4, 0.5) is 5.69 Å². The van der Waals surface area contributed by atoms with Gasteiger partial charge in [-0.05, 0) is 36.8 Å². The Balaban J connectivity index is 2.17. The summed E-state index contributed by atoms with van der Waals surface area (Å²) < 4.78 is 0. The molecule has 0 aromatic heterocycles. The lowest BCUT2D eigenvalue weighted by atomic mass is 10.2. The Morgan fingerprint density at radius 1 is 1.60 bits per heavy atom. The number of aliphatic hydroxyl groups is 1. The third kappa shape index (κ3) is 2.86. The van der Waals surface area contributed by atoms with Crippen molar-refractivity contribution < 1.29 is 9.90 Å². The second-order valence-corrected chi connectivity index (χ2v) is 4.59. The summed E-state index contributed by atoms with van der Waals surface area (Å²) >= 11 is 4.72. The minimum atomic E-state index is -0.811. The summed E-state index contributed by atoms with van der Waals surface area (Å²) in [6.07, 6.45) is 0. The van der Waals surface area contributed by atoms with Gasteiger partial charge in [-0.15, -0.1) is 0 Å². The van der Waals surface area contributed by atoms with Crippen molar-refractivity contribution in [2.24, 2.45) is 21.1 Å². The molecule has 1 aromatic rings. The number of carbonyl (C=O) groups excluding carboxylic acids is 1. The largest absolute Gasteiger partial charge is 0.392 e.